The molecule has 0 heterocycles. The van der Waals surface area contributed by atoms with Crippen molar-refractivity contribution < 1.29 is 43.3 Å². The van der Waals surface area contributed by atoms with Gasteiger partial charge in [0.05, 0.1) is 14.2 Å². The molecule has 0 fully saturated rings. The summed E-state index contributed by atoms with van der Waals surface area (Å²) in [7, 11) is 2.63. The smallest absolute Gasteiger partial charge is 0.330 e. The van der Waals surface area contributed by atoms with Crippen LogP contribution in [-0.4, -0.2) is 56.1 Å². The number of carboxylic acid groups (broad SMARTS) is 1. The normalized spacial score (nSPS) is 9.40. The molecule has 0 aliphatic heterocycles. The van der Waals surface area contributed by atoms with Crippen LogP contribution in [-0.2, 0) is 23.9 Å². The molecule has 42 heavy (non-hydrogen) atoms. The van der Waals surface area contributed by atoms with E-state index in [1.807, 2.05) is 12.1 Å². The van der Waals surface area contributed by atoms with Crippen molar-refractivity contribution in [2.75, 3.05) is 14.2 Å². The van der Waals surface area contributed by atoms with E-state index in [9.17, 15) is 28.8 Å². The number of methoxy groups -OCH3 is 2. The lowest BCUT2D eigenvalue weighted by Gasteiger charge is -1.93. The first-order valence-corrected chi connectivity index (χ1v) is 12.6. The summed E-state index contributed by atoms with van der Waals surface area (Å²) in [6.45, 7) is 3.16. The molecule has 0 aliphatic carbocycles. The Kier molecular flexibility index (Phi) is 19.8. The third kappa shape index (κ3) is 18.1. The van der Waals surface area contributed by atoms with Crippen LogP contribution in [0.3, 0.4) is 0 Å². The van der Waals surface area contributed by atoms with Gasteiger partial charge in [-0.05, 0) is 35.4 Å². The van der Waals surface area contributed by atoms with Crippen LogP contribution in [0, 0.1) is 0 Å². The molecule has 9 nitrogen and oxygen atoms in total. The van der Waals surface area contributed by atoms with Gasteiger partial charge in [-0.2, -0.15) is 0 Å². The molecule has 0 atom stereocenters. The summed E-state index contributed by atoms with van der Waals surface area (Å²) in [6, 6.07) is 20.7. The van der Waals surface area contributed by atoms with Gasteiger partial charge in [0.15, 0.2) is 0 Å². The van der Waals surface area contributed by atoms with E-state index in [4.69, 9.17) is 5.11 Å². The fourth-order valence-electron chi connectivity index (χ4n) is 2.40. The fraction of sp³-hybridized carbons (Fsp3) is 0.0625. The maximum atomic E-state index is 10.7. The third-order valence-electron chi connectivity index (χ3n) is 4.55. The maximum absolute atomic E-state index is 10.7. The molecule has 0 saturated heterocycles. The van der Waals surface area contributed by atoms with E-state index in [1.165, 1.54) is 26.4 Å². The second-order valence-electron chi connectivity index (χ2n) is 7.49. The molecule has 0 saturated carbocycles. The monoisotopic (exact) mass is 636 g/mol. The highest BCUT2D eigenvalue weighted by molar-refractivity contribution is 9.10. The Hall–Kier alpha value is -5.22. The highest BCUT2D eigenvalue weighted by atomic mass is 79.9. The number of halogens is 1. The summed E-state index contributed by atoms with van der Waals surface area (Å²) < 4.78 is 9.57. The summed E-state index contributed by atoms with van der Waals surface area (Å²) >= 11 is 3.26. The second kappa shape index (κ2) is 22.6. The summed E-state index contributed by atoms with van der Waals surface area (Å²) in [5.74, 6) is -1.78. The minimum absolute atomic E-state index is 0.394. The third-order valence-corrected chi connectivity index (χ3v) is 5.08. The molecular weight excluding hydrogens is 608 g/mol. The molecule has 10 heteroatoms. The van der Waals surface area contributed by atoms with E-state index in [-0.39, 0.29) is 0 Å². The van der Waals surface area contributed by atoms with Gasteiger partial charge in [0.1, 0.15) is 18.9 Å². The van der Waals surface area contributed by atoms with Crippen LogP contribution in [0.1, 0.15) is 42.2 Å². The molecule has 0 aromatic heterocycles. The zero-order valence-corrected chi connectivity index (χ0v) is 24.4. The summed E-state index contributed by atoms with van der Waals surface area (Å²) in [6.07, 6.45) is 8.92. The number of carbonyl (C=O) groups excluding carboxylic acids is 5. The van der Waals surface area contributed by atoms with Crippen molar-refractivity contribution in [3.63, 3.8) is 0 Å². The van der Waals surface area contributed by atoms with Crippen molar-refractivity contribution in [1.82, 2.24) is 0 Å². The van der Waals surface area contributed by atoms with Gasteiger partial charge in [-0.3, -0.25) is 14.4 Å². The SMILES string of the molecule is C=CC(=O)OC.COC(=O)/C=C/c1ccc(C=O)cc1.O=Cc1ccc(/C=C/C(=O)O)cc1.O=Cc1ccc(Br)cc1. The van der Waals surface area contributed by atoms with Crippen LogP contribution in [0.15, 0.2) is 102 Å². The highest BCUT2D eigenvalue weighted by Crippen LogP contribution is 2.08. The lowest BCUT2D eigenvalue weighted by molar-refractivity contribution is -0.135. The lowest BCUT2D eigenvalue weighted by Crippen LogP contribution is -1.93. The number of ether oxygens (including phenoxy) is 2. The summed E-state index contributed by atoms with van der Waals surface area (Å²) in [5.41, 5.74) is 3.50. The molecule has 0 amide bonds. The van der Waals surface area contributed by atoms with Crippen LogP contribution < -0.4 is 0 Å². The van der Waals surface area contributed by atoms with Gasteiger partial charge in [-0.25, -0.2) is 14.4 Å². The quantitative estimate of drug-likeness (QED) is 0.182. The Morgan fingerprint density at radius 3 is 1.24 bits per heavy atom. The van der Waals surface area contributed by atoms with E-state index in [0.29, 0.717) is 16.7 Å². The zero-order chi connectivity index (χ0) is 31.8. The maximum Gasteiger partial charge on any atom is 0.330 e. The van der Waals surface area contributed by atoms with Gasteiger partial charge in [-0.1, -0.05) is 83.2 Å². The van der Waals surface area contributed by atoms with Crippen molar-refractivity contribution >= 4 is 64.8 Å². The number of benzene rings is 3. The first-order valence-electron chi connectivity index (χ1n) is 11.8. The molecule has 1 N–H and O–H groups in total. The van der Waals surface area contributed by atoms with E-state index < -0.39 is 17.9 Å². The van der Waals surface area contributed by atoms with Gasteiger partial charge in [-0.15, -0.1) is 0 Å². The number of carboxylic acids is 1. The fourth-order valence-corrected chi connectivity index (χ4v) is 2.66. The molecule has 0 bridgehead atoms. The molecule has 0 spiro atoms. The molecular formula is C32H29BrO9. The first-order chi connectivity index (χ1) is 20.1. The molecule has 0 radical (unpaired) electrons. The van der Waals surface area contributed by atoms with Crippen LogP contribution in [0.4, 0.5) is 0 Å². The van der Waals surface area contributed by atoms with Crippen molar-refractivity contribution in [3.8, 4) is 0 Å². The Balaban J connectivity index is 0.000000558. The molecule has 3 aromatic carbocycles. The van der Waals surface area contributed by atoms with Crippen LogP contribution in [0.2, 0.25) is 0 Å². The predicted octanol–water partition coefficient (Wildman–Crippen LogP) is 5.89. The predicted molar refractivity (Wildman–Crippen MR) is 163 cm³/mol. The Bertz CT molecular complexity index is 1360. The zero-order valence-electron chi connectivity index (χ0n) is 22.8. The number of aliphatic carboxylic acids is 1. The van der Waals surface area contributed by atoms with Gasteiger partial charge < -0.3 is 14.6 Å². The van der Waals surface area contributed by atoms with Gasteiger partial charge in [0.25, 0.3) is 0 Å². The largest absolute Gasteiger partial charge is 0.478 e. The highest BCUT2D eigenvalue weighted by Gasteiger charge is 1.93. The van der Waals surface area contributed by atoms with E-state index in [2.05, 4.69) is 32.0 Å². The van der Waals surface area contributed by atoms with E-state index >= 15 is 0 Å². The number of aldehydes is 3. The van der Waals surface area contributed by atoms with E-state index in [0.717, 1.165) is 46.6 Å². The Labute approximate surface area is 251 Å². The van der Waals surface area contributed by atoms with Gasteiger partial charge in [0.2, 0.25) is 0 Å². The molecule has 0 unspecified atom stereocenters. The number of rotatable bonds is 8. The lowest BCUT2D eigenvalue weighted by atomic mass is 10.1. The average Bonchev–Trinajstić information content (AvgIpc) is 3.03. The average molecular weight is 637 g/mol. The number of carbonyl (C=O) groups is 6. The molecule has 3 aromatic rings. The van der Waals surface area contributed by atoms with Crippen LogP contribution in [0.25, 0.3) is 12.2 Å². The van der Waals surface area contributed by atoms with Crippen LogP contribution in [0.5, 0.6) is 0 Å². The van der Waals surface area contributed by atoms with Gasteiger partial charge in [0, 0.05) is 39.4 Å². The molecule has 3 rings (SSSR count). The summed E-state index contributed by atoms with van der Waals surface area (Å²) in [5, 5.41) is 8.33. The number of hydrogen-bond acceptors (Lipinski definition) is 8. The van der Waals surface area contributed by atoms with Crippen molar-refractivity contribution in [2.24, 2.45) is 0 Å². The Morgan fingerprint density at radius 2 is 0.952 bits per heavy atom. The minimum Gasteiger partial charge on any atom is -0.478 e. The second-order valence-corrected chi connectivity index (χ2v) is 8.41. The van der Waals surface area contributed by atoms with E-state index in [1.54, 1.807) is 66.7 Å². The Morgan fingerprint density at radius 1 is 0.619 bits per heavy atom. The number of hydrogen-bond donors (Lipinski definition) is 1. The summed E-state index contributed by atoms with van der Waals surface area (Å²) in [4.78, 5) is 61.4. The minimum atomic E-state index is -0.987. The van der Waals surface area contributed by atoms with Crippen molar-refractivity contribution in [1.29, 1.82) is 0 Å². The number of esters is 2. The topological polar surface area (TPSA) is 141 Å². The van der Waals surface area contributed by atoms with Crippen LogP contribution >= 0.6 is 15.9 Å². The first kappa shape index (κ1) is 36.8. The van der Waals surface area contributed by atoms with Crippen molar-refractivity contribution in [2.45, 2.75) is 0 Å². The van der Waals surface area contributed by atoms with Gasteiger partial charge >= 0.3 is 17.9 Å². The van der Waals surface area contributed by atoms with Crippen molar-refractivity contribution in [3.05, 3.63) is 130 Å². The standard InChI is InChI=1S/C11H10O3.C10H8O3.C7H5BrO.C4H6O2/c1-14-11(13)7-6-9-2-4-10(8-12)5-3-9;11-7-9-3-1-8(2-4-9)5-6-10(12)13;8-7-3-1-6(5-9)2-4-7;1-3-4(5)6-2/h2-8H,1H3;1-7H,(H,12,13);1-5H;3H,1H2,2H3/b7-6+;6-5+;;. The molecule has 218 valence electrons. The molecule has 0 aliphatic rings.